The number of carbonyl (C=O) groups excluding carboxylic acids is 1. The average Bonchev–Trinajstić information content (AvgIpc) is 3.20. The first-order chi connectivity index (χ1) is 27.9. The van der Waals surface area contributed by atoms with Crippen LogP contribution in [0.5, 0.6) is 0 Å². The van der Waals surface area contributed by atoms with Crippen LogP contribution in [0.4, 0.5) is 0 Å². The number of phosphoric ester groups is 1. The van der Waals surface area contributed by atoms with Gasteiger partial charge < -0.3 is 21.1 Å². The second kappa shape index (κ2) is 44.8. The normalized spacial score (nSPS) is 14.0. The summed E-state index contributed by atoms with van der Waals surface area (Å²) in [5.41, 5.74) is 5.39. The average molecular weight is 829 g/mol. The lowest BCUT2D eigenvalue weighted by Crippen LogP contribution is -2.45. The first-order valence-electron chi connectivity index (χ1n) is 24.8. The van der Waals surface area contributed by atoms with E-state index in [1.54, 1.807) is 6.08 Å². The number of nitrogens with two attached hydrogens (primary N) is 1. The second-order valence-corrected chi connectivity index (χ2v) is 18.5. The Morgan fingerprint density at radius 3 is 1.25 bits per heavy atom. The van der Waals surface area contributed by atoms with Gasteiger partial charge in [0.1, 0.15) is 0 Å². The summed E-state index contributed by atoms with van der Waals surface area (Å²) in [6, 6.07) is -0.855. The van der Waals surface area contributed by atoms with Crippen LogP contribution in [0.2, 0.25) is 0 Å². The van der Waals surface area contributed by atoms with Crippen molar-refractivity contribution in [3.8, 4) is 0 Å². The van der Waals surface area contributed by atoms with Gasteiger partial charge in [0.25, 0.3) is 0 Å². The van der Waals surface area contributed by atoms with E-state index in [1.165, 1.54) is 199 Å². The van der Waals surface area contributed by atoms with Crippen LogP contribution in [-0.2, 0) is 18.4 Å². The van der Waals surface area contributed by atoms with E-state index in [0.717, 1.165) is 38.5 Å². The van der Waals surface area contributed by atoms with E-state index in [2.05, 4.69) is 19.2 Å². The van der Waals surface area contributed by atoms with Gasteiger partial charge in [-0.3, -0.25) is 13.8 Å². The van der Waals surface area contributed by atoms with Gasteiger partial charge in [-0.25, -0.2) is 4.57 Å². The first kappa shape index (κ1) is 56.2. The van der Waals surface area contributed by atoms with E-state index in [4.69, 9.17) is 14.8 Å². The molecule has 1 amide bonds. The molecule has 0 rings (SSSR count). The Morgan fingerprint density at radius 1 is 0.561 bits per heavy atom. The third-order valence-electron chi connectivity index (χ3n) is 11.4. The molecule has 0 aromatic heterocycles. The standard InChI is InChI=1S/C48H97N2O6P/c1-3-5-7-9-11-13-15-17-19-21-23-24-25-27-29-31-33-35-37-39-41-47(51)46(45-56-57(53,54)55-44-43-49)50-48(52)42-40-38-36-34-32-30-28-26-22-20-18-16-14-12-10-8-6-4-2/h39,41,46-47,51H,3-38,40,42-45,49H2,1-2H3,(H,50,52)(H,53,54)/b41-39+. The molecule has 0 bridgehead atoms. The van der Waals surface area contributed by atoms with Crippen molar-refractivity contribution in [2.24, 2.45) is 5.73 Å². The van der Waals surface area contributed by atoms with Crippen LogP contribution >= 0.6 is 7.82 Å². The van der Waals surface area contributed by atoms with Gasteiger partial charge >= 0.3 is 7.82 Å². The molecule has 0 radical (unpaired) electrons. The van der Waals surface area contributed by atoms with Crippen molar-refractivity contribution >= 4 is 13.7 Å². The van der Waals surface area contributed by atoms with Gasteiger partial charge in [0.15, 0.2) is 0 Å². The summed E-state index contributed by atoms with van der Waals surface area (Å²) in [4.78, 5) is 22.8. The molecule has 0 aliphatic heterocycles. The smallest absolute Gasteiger partial charge is 0.387 e. The van der Waals surface area contributed by atoms with Crippen LogP contribution in [0.15, 0.2) is 12.2 Å². The summed E-state index contributed by atoms with van der Waals surface area (Å²) in [7, 11) is -4.34. The maximum atomic E-state index is 12.8. The number of unbranched alkanes of at least 4 members (excludes halogenated alkanes) is 35. The molecule has 9 heteroatoms. The molecule has 0 aliphatic carbocycles. The highest BCUT2D eigenvalue weighted by Crippen LogP contribution is 2.43. The van der Waals surface area contributed by atoms with E-state index in [0.29, 0.717) is 6.42 Å². The third kappa shape index (κ3) is 43.1. The van der Waals surface area contributed by atoms with Gasteiger partial charge in [0.05, 0.1) is 25.4 Å². The molecule has 0 fully saturated rings. The van der Waals surface area contributed by atoms with Gasteiger partial charge in [-0.1, -0.05) is 244 Å². The summed E-state index contributed by atoms with van der Waals surface area (Å²) >= 11 is 0. The van der Waals surface area contributed by atoms with Crippen LogP contribution in [0.1, 0.15) is 258 Å². The monoisotopic (exact) mass is 829 g/mol. The fourth-order valence-electron chi connectivity index (χ4n) is 7.61. The highest BCUT2D eigenvalue weighted by atomic mass is 31.2. The van der Waals surface area contributed by atoms with Crippen LogP contribution in [0.3, 0.4) is 0 Å². The molecular weight excluding hydrogens is 732 g/mol. The Morgan fingerprint density at radius 2 is 0.895 bits per heavy atom. The van der Waals surface area contributed by atoms with Crippen molar-refractivity contribution in [2.45, 2.75) is 270 Å². The number of allylic oxidation sites excluding steroid dienone is 1. The molecule has 8 nitrogen and oxygen atoms in total. The lowest BCUT2D eigenvalue weighted by molar-refractivity contribution is -0.123. The molecule has 5 N–H and O–H groups in total. The van der Waals surface area contributed by atoms with Gasteiger partial charge in [0.2, 0.25) is 5.91 Å². The molecule has 340 valence electrons. The zero-order valence-corrected chi connectivity index (χ0v) is 38.7. The summed E-state index contributed by atoms with van der Waals surface area (Å²) in [5, 5.41) is 13.7. The van der Waals surface area contributed by atoms with Crippen LogP contribution in [-0.4, -0.2) is 47.8 Å². The summed E-state index contributed by atoms with van der Waals surface area (Å²) in [5.74, 6) is -0.188. The van der Waals surface area contributed by atoms with Crippen molar-refractivity contribution in [3.05, 3.63) is 12.2 Å². The second-order valence-electron chi connectivity index (χ2n) is 17.0. The predicted octanol–water partition coefficient (Wildman–Crippen LogP) is 14.3. The maximum Gasteiger partial charge on any atom is 0.472 e. The van der Waals surface area contributed by atoms with Crippen molar-refractivity contribution in [1.82, 2.24) is 5.32 Å². The minimum Gasteiger partial charge on any atom is -0.387 e. The van der Waals surface area contributed by atoms with Crippen LogP contribution in [0.25, 0.3) is 0 Å². The summed E-state index contributed by atoms with van der Waals surface area (Å²) in [6.07, 6.45) is 51.2. The zero-order valence-electron chi connectivity index (χ0n) is 37.9. The minimum atomic E-state index is -4.34. The lowest BCUT2D eigenvalue weighted by atomic mass is 10.0. The molecule has 0 saturated carbocycles. The molecule has 57 heavy (non-hydrogen) atoms. The summed E-state index contributed by atoms with van der Waals surface area (Å²) in [6.45, 7) is 4.18. The van der Waals surface area contributed by atoms with Crippen molar-refractivity contribution in [1.29, 1.82) is 0 Å². The Balaban J connectivity index is 4.09. The SMILES string of the molecule is CCCCCCCCCCCCCCCCCCCC/C=C/C(O)C(COP(=O)(O)OCCN)NC(=O)CCCCCCCCCCCCCCCCCCCC. The number of nitrogens with one attached hydrogen (secondary N) is 1. The largest absolute Gasteiger partial charge is 0.472 e. The molecule has 3 unspecified atom stereocenters. The van der Waals surface area contributed by atoms with Gasteiger partial charge in [0, 0.05) is 13.0 Å². The predicted molar refractivity (Wildman–Crippen MR) is 245 cm³/mol. The molecule has 0 heterocycles. The number of carbonyl (C=O) groups is 1. The van der Waals surface area contributed by atoms with E-state index < -0.39 is 20.0 Å². The van der Waals surface area contributed by atoms with E-state index >= 15 is 0 Å². The van der Waals surface area contributed by atoms with Gasteiger partial charge in [-0.2, -0.15) is 0 Å². The quantitative estimate of drug-likeness (QED) is 0.0273. The number of phosphoric acid groups is 1. The van der Waals surface area contributed by atoms with E-state index in [9.17, 15) is 19.4 Å². The van der Waals surface area contributed by atoms with Crippen molar-refractivity contribution in [3.63, 3.8) is 0 Å². The van der Waals surface area contributed by atoms with E-state index in [1.807, 2.05) is 6.08 Å². The molecule has 0 aliphatic rings. The van der Waals surface area contributed by atoms with Gasteiger partial charge in [-0.15, -0.1) is 0 Å². The Kier molecular flexibility index (Phi) is 44.2. The summed E-state index contributed by atoms with van der Waals surface area (Å²) < 4.78 is 22.2. The van der Waals surface area contributed by atoms with Crippen molar-refractivity contribution < 1.29 is 28.4 Å². The Labute approximate surface area is 354 Å². The number of aliphatic hydroxyl groups excluding tert-OH is 1. The third-order valence-corrected chi connectivity index (χ3v) is 12.3. The highest BCUT2D eigenvalue weighted by Gasteiger charge is 2.26. The van der Waals surface area contributed by atoms with E-state index in [-0.39, 0.29) is 25.7 Å². The lowest BCUT2D eigenvalue weighted by Gasteiger charge is -2.23. The highest BCUT2D eigenvalue weighted by molar-refractivity contribution is 7.47. The fraction of sp³-hybridized carbons (Fsp3) is 0.938. The number of hydrogen-bond acceptors (Lipinski definition) is 6. The fourth-order valence-corrected chi connectivity index (χ4v) is 8.36. The zero-order chi connectivity index (χ0) is 41.8. The molecule has 0 spiro atoms. The molecule has 3 atom stereocenters. The minimum absolute atomic E-state index is 0.0816. The topological polar surface area (TPSA) is 131 Å². The molecule has 0 aromatic rings. The van der Waals surface area contributed by atoms with Gasteiger partial charge in [-0.05, 0) is 19.3 Å². The molecule has 0 aromatic carbocycles. The molecular formula is C48H97N2O6P. The number of amides is 1. The number of rotatable bonds is 47. The number of hydrogen-bond donors (Lipinski definition) is 4. The maximum absolute atomic E-state index is 12.8. The Bertz CT molecular complexity index is 906. The molecule has 0 saturated heterocycles. The Hall–Kier alpha value is -0.760. The van der Waals surface area contributed by atoms with Crippen LogP contribution in [0, 0.1) is 0 Å². The number of aliphatic hydroxyl groups is 1. The first-order valence-corrected chi connectivity index (χ1v) is 26.3. The van der Waals surface area contributed by atoms with Crippen molar-refractivity contribution in [2.75, 3.05) is 19.8 Å². The van der Waals surface area contributed by atoms with Crippen LogP contribution < -0.4 is 11.1 Å².